The SMILES string of the molecule is CC(C)(c1cccc(-c2[c-]ncs2)n1)c1cccc(-c2[c-]cc(F)nc2F)n1.[Pt+2]. The normalized spacial score (nSPS) is 11.2. The topological polar surface area (TPSA) is 51.6 Å². The van der Waals surface area contributed by atoms with Crippen molar-refractivity contribution < 1.29 is 29.8 Å². The zero-order valence-electron chi connectivity index (χ0n) is 15.4. The Kier molecular flexibility index (Phi) is 6.29. The van der Waals surface area contributed by atoms with Gasteiger partial charge in [0.15, 0.2) is 0 Å². The number of aromatic nitrogens is 4. The summed E-state index contributed by atoms with van der Waals surface area (Å²) in [6.45, 7) is 3.98. The first-order valence-corrected chi connectivity index (χ1v) is 9.34. The Bertz CT molecular complexity index is 1130. The van der Waals surface area contributed by atoms with E-state index in [1.165, 1.54) is 11.3 Å². The molecule has 0 spiro atoms. The van der Waals surface area contributed by atoms with Gasteiger partial charge in [0.2, 0.25) is 0 Å². The summed E-state index contributed by atoms with van der Waals surface area (Å²) in [5, 5.41) is 0. The molecule has 8 heteroatoms. The largest absolute Gasteiger partial charge is 2.00 e. The summed E-state index contributed by atoms with van der Waals surface area (Å²) < 4.78 is 27.1. The zero-order valence-corrected chi connectivity index (χ0v) is 18.5. The standard InChI is InChI=1S/C21H14F2N4S.Pt/c1-21(2,18-8-4-6-15(26-18)16-11-24-12-28-16)17-7-3-5-14(25-17)13-9-10-19(22)27-20(13)23;/h3-8,10,12H,1-2H3;/q-2;+2. The molecule has 0 saturated carbocycles. The van der Waals surface area contributed by atoms with Crippen LogP contribution >= 0.6 is 11.3 Å². The van der Waals surface area contributed by atoms with Crippen molar-refractivity contribution in [1.82, 2.24) is 19.9 Å². The van der Waals surface area contributed by atoms with Crippen molar-refractivity contribution in [3.8, 4) is 21.8 Å². The average Bonchev–Trinajstić information content (AvgIpc) is 3.23. The van der Waals surface area contributed by atoms with E-state index in [9.17, 15) is 8.78 Å². The minimum absolute atomic E-state index is 0. The smallest absolute Gasteiger partial charge is 0.381 e. The first-order chi connectivity index (χ1) is 13.4. The van der Waals surface area contributed by atoms with Crippen molar-refractivity contribution >= 4 is 11.3 Å². The van der Waals surface area contributed by atoms with Crippen LogP contribution in [0.15, 0.2) is 48.0 Å². The van der Waals surface area contributed by atoms with E-state index in [0.29, 0.717) is 11.4 Å². The summed E-state index contributed by atoms with van der Waals surface area (Å²) in [6.07, 6.45) is 2.92. The third kappa shape index (κ3) is 4.31. The Morgan fingerprint density at radius 1 is 0.931 bits per heavy atom. The first kappa shape index (κ1) is 21.3. The van der Waals surface area contributed by atoms with E-state index >= 15 is 0 Å². The van der Waals surface area contributed by atoms with Gasteiger partial charge in [-0.25, -0.2) is 20.1 Å². The summed E-state index contributed by atoms with van der Waals surface area (Å²) in [5.74, 6) is -1.86. The van der Waals surface area contributed by atoms with Crippen LogP contribution in [0.2, 0.25) is 0 Å². The van der Waals surface area contributed by atoms with Crippen LogP contribution in [-0.2, 0) is 26.5 Å². The molecular weight excluding hydrogens is 573 g/mol. The van der Waals surface area contributed by atoms with Gasteiger partial charge in [-0.3, -0.25) is 4.98 Å². The predicted octanol–water partition coefficient (Wildman–Crippen LogP) is 4.86. The predicted molar refractivity (Wildman–Crippen MR) is 103 cm³/mol. The molecule has 0 atom stereocenters. The van der Waals surface area contributed by atoms with Gasteiger partial charge in [-0.15, -0.1) is 6.07 Å². The van der Waals surface area contributed by atoms with Crippen LogP contribution in [0, 0.1) is 24.2 Å². The molecule has 0 N–H and O–H groups in total. The van der Waals surface area contributed by atoms with Crippen molar-refractivity contribution in [3.05, 3.63) is 83.5 Å². The molecule has 0 radical (unpaired) electrons. The van der Waals surface area contributed by atoms with E-state index in [4.69, 9.17) is 4.98 Å². The summed E-state index contributed by atoms with van der Waals surface area (Å²) in [4.78, 5) is 17.4. The van der Waals surface area contributed by atoms with Gasteiger partial charge in [-0.1, -0.05) is 47.0 Å². The van der Waals surface area contributed by atoms with E-state index in [-0.39, 0.29) is 26.6 Å². The molecule has 0 aliphatic heterocycles. The van der Waals surface area contributed by atoms with Crippen molar-refractivity contribution in [2.75, 3.05) is 0 Å². The molecule has 0 saturated heterocycles. The Morgan fingerprint density at radius 2 is 1.59 bits per heavy atom. The number of pyridine rings is 3. The number of hydrogen-bond acceptors (Lipinski definition) is 5. The van der Waals surface area contributed by atoms with Crippen LogP contribution in [0.1, 0.15) is 25.2 Å². The fourth-order valence-corrected chi connectivity index (χ4v) is 3.37. The van der Waals surface area contributed by atoms with Crippen molar-refractivity contribution in [2.45, 2.75) is 19.3 Å². The van der Waals surface area contributed by atoms with E-state index in [1.807, 2.05) is 38.1 Å². The Labute approximate surface area is 185 Å². The van der Waals surface area contributed by atoms with E-state index in [2.05, 4.69) is 27.2 Å². The van der Waals surface area contributed by atoms with E-state index in [1.54, 1.807) is 17.6 Å². The minimum Gasteiger partial charge on any atom is -0.381 e. The number of halogens is 2. The molecule has 0 fully saturated rings. The monoisotopic (exact) mass is 587 g/mol. The Morgan fingerprint density at radius 3 is 2.21 bits per heavy atom. The van der Waals surface area contributed by atoms with Crippen LogP contribution in [-0.4, -0.2) is 19.9 Å². The van der Waals surface area contributed by atoms with Crippen molar-refractivity contribution in [1.29, 1.82) is 0 Å². The molecule has 4 aromatic heterocycles. The zero-order chi connectivity index (χ0) is 19.7. The second-order valence-corrected chi connectivity index (χ2v) is 7.48. The summed E-state index contributed by atoms with van der Waals surface area (Å²) in [6, 6.07) is 14.6. The van der Waals surface area contributed by atoms with Crippen LogP contribution < -0.4 is 0 Å². The number of rotatable bonds is 4. The fraction of sp³-hybridized carbons (Fsp3) is 0.143. The van der Waals surface area contributed by atoms with E-state index in [0.717, 1.165) is 22.3 Å². The van der Waals surface area contributed by atoms with Gasteiger partial charge in [0, 0.05) is 16.8 Å². The van der Waals surface area contributed by atoms with Crippen LogP contribution in [0.4, 0.5) is 8.78 Å². The average molecular weight is 588 g/mol. The molecular formula is C21H14F2N4PtS. The number of nitrogens with zero attached hydrogens (tertiary/aromatic N) is 4. The maximum atomic E-state index is 14.1. The van der Waals surface area contributed by atoms with Gasteiger partial charge in [-0.05, 0) is 42.9 Å². The van der Waals surface area contributed by atoms with Crippen LogP contribution in [0.3, 0.4) is 0 Å². The molecule has 0 aromatic carbocycles. The summed E-state index contributed by atoms with van der Waals surface area (Å²) in [7, 11) is 0. The Hall–Kier alpha value is -2.37. The first-order valence-electron chi connectivity index (χ1n) is 8.46. The molecule has 4 nitrogen and oxygen atoms in total. The molecule has 4 aromatic rings. The fourth-order valence-electron chi connectivity index (χ4n) is 2.82. The molecule has 0 amide bonds. The summed E-state index contributed by atoms with van der Waals surface area (Å²) >= 11 is 1.47. The number of thiazole rings is 1. The van der Waals surface area contributed by atoms with Gasteiger partial charge in [0.25, 0.3) is 0 Å². The van der Waals surface area contributed by atoms with E-state index < -0.39 is 17.3 Å². The molecule has 4 heterocycles. The molecule has 0 aliphatic rings. The molecule has 0 bridgehead atoms. The van der Waals surface area contributed by atoms with Gasteiger partial charge in [0.1, 0.15) is 11.9 Å². The minimum atomic E-state index is -0.941. The van der Waals surface area contributed by atoms with Crippen LogP contribution in [0.5, 0.6) is 0 Å². The van der Waals surface area contributed by atoms with Crippen LogP contribution in [0.25, 0.3) is 21.8 Å². The van der Waals surface area contributed by atoms with Crippen molar-refractivity contribution in [3.63, 3.8) is 0 Å². The Balaban J connectivity index is 0.00000240. The second kappa shape index (κ2) is 8.55. The summed E-state index contributed by atoms with van der Waals surface area (Å²) in [5.41, 5.74) is 3.80. The van der Waals surface area contributed by atoms with Crippen molar-refractivity contribution in [2.24, 2.45) is 0 Å². The second-order valence-electron chi connectivity index (χ2n) is 6.62. The quantitative estimate of drug-likeness (QED) is 0.253. The third-order valence-electron chi connectivity index (χ3n) is 4.40. The maximum absolute atomic E-state index is 14.1. The molecule has 0 unspecified atom stereocenters. The molecule has 148 valence electrons. The number of hydrogen-bond donors (Lipinski definition) is 0. The van der Waals surface area contributed by atoms with Gasteiger partial charge < -0.3 is 15.0 Å². The maximum Gasteiger partial charge on any atom is 2.00 e. The molecule has 29 heavy (non-hydrogen) atoms. The van der Waals surface area contributed by atoms with Gasteiger partial charge in [0.05, 0.1) is 0 Å². The van der Waals surface area contributed by atoms with Gasteiger partial charge in [-0.2, -0.15) is 0 Å². The molecule has 4 rings (SSSR count). The molecule has 0 aliphatic carbocycles. The van der Waals surface area contributed by atoms with Gasteiger partial charge >= 0.3 is 21.1 Å². The third-order valence-corrected chi connectivity index (χ3v) is 5.15.